The lowest BCUT2D eigenvalue weighted by Gasteiger charge is -2.53. The summed E-state index contributed by atoms with van der Waals surface area (Å²) in [5, 5.41) is 11.8. The van der Waals surface area contributed by atoms with Crippen molar-refractivity contribution in [1.82, 2.24) is 15.1 Å². The van der Waals surface area contributed by atoms with Gasteiger partial charge in [-0.2, -0.15) is 5.26 Å². The van der Waals surface area contributed by atoms with Gasteiger partial charge in [-0.3, -0.25) is 24.6 Å². The van der Waals surface area contributed by atoms with E-state index in [2.05, 4.69) is 16.3 Å². The molecule has 0 aromatic heterocycles. The predicted octanol–water partition coefficient (Wildman–Crippen LogP) is 2.86. The molecule has 4 aliphatic heterocycles. The summed E-state index contributed by atoms with van der Waals surface area (Å²) in [7, 11) is 0. The van der Waals surface area contributed by atoms with Crippen molar-refractivity contribution in [2.45, 2.75) is 62.3 Å². The molecule has 8 nitrogen and oxygen atoms in total. The lowest BCUT2D eigenvalue weighted by Crippen LogP contribution is -2.73. The third-order valence-corrected chi connectivity index (χ3v) is 9.26. The lowest BCUT2D eigenvalue weighted by atomic mass is 9.63. The first-order valence-corrected chi connectivity index (χ1v) is 13.3. The van der Waals surface area contributed by atoms with E-state index in [-0.39, 0.29) is 41.7 Å². The molecule has 194 valence electrons. The molecule has 9 heteroatoms. The molecule has 6 aliphatic rings. The van der Waals surface area contributed by atoms with Crippen LogP contribution in [0, 0.1) is 23.1 Å². The van der Waals surface area contributed by atoms with E-state index in [1.807, 2.05) is 12.1 Å². The largest absolute Gasteiger partial charge is 0.489 e. The van der Waals surface area contributed by atoms with Gasteiger partial charge in [0.25, 0.3) is 11.8 Å². The molecular weight excluding hydrogens is 487 g/mol. The van der Waals surface area contributed by atoms with Crippen molar-refractivity contribution >= 4 is 17.7 Å². The minimum Gasteiger partial charge on any atom is -0.489 e. The number of nitrogens with one attached hydrogen (secondary N) is 1. The summed E-state index contributed by atoms with van der Waals surface area (Å²) in [6, 6.07) is 12.4. The van der Waals surface area contributed by atoms with Crippen LogP contribution in [0.5, 0.6) is 5.75 Å². The van der Waals surface area contributed by atoms with Crippen LogP contribution in [0.2, 0.25) is 0 Å². The Labute approximate surface area is 219 Å². The molecule has 3 saturated heterocycles. The second-order valence-electron chi connectivity index (χ2n) is 11.3. The number of nitrogens with zero attached hydrogens (tertiary/aromatic N) is 3. The van der Waals surface area contributed by atoms with Gasteiger partial charge < -0.3 is 9.64 Å². The van der Waals surface area contributed by atoms with Gasteiger partial charge in [-0.1, -0.05) is 6.07 Å². The molecule has 8 rings (SSSR count). The predicted molar refractivity (Wildman–Crippen MR) is 132 cm³/mol. The number of piperidine rings is 2. The summed E-state index contributed by atoms with van der Waals surface area (Å²) in [5.74, 6) is -0.438. The van der Waals surface area contributed by atoms with E-state index in [4.69, 9.17) is 4.74 Å². The van der Waals surface area contributed by atoms with Crippen molar-refractivity contribution in [1.29, 1.82) is 5.26 Å². The number of carbonyl (C=O) groups excluding carboxylic acids is 3. The maximum absolute atomic E-state index is 13.5. The van der Waals surface area contributed by atoms with Gasteiger partial charge in [0.2, 0.25) is 5.91 Å². The Kier molecular flexibility index (Phi) is 5.14. The summed E-state index contributed by atoms with van der Waals surface area (Å²) >= 11 is 0. The highest BCUT2D eigenvalue weighted by Gasteiger charge is 2.63. The third kappa shape index (κ3) is 3.39. The monoisotopic (exact) mass is 514 g/mol. The van der Waals surface area contributed by atoms with Gasteiger partial charge in [-0.05, 0) is 73.6 Å². The Morgan fingerprint density at radius 1 is 1.05 bits per heavy atom. The first-order chi connectivity index (χ1) is 18.4. The Balaban J connectivity index is 1.02. The summed E-state index contributed by atoms with van der Waals surface area (Å²) in [4.78, 5) is 41.7. The SMILES string of the molecule is N#Cc1cc(F)ccc1C1CN(C2CCCC2Oc2ccc3c(c2)CN(C24CC(C2)C(=O)NC4=O)C3=O)C1. The zero-order chi connectivity index (χ0) is 26.2. The van der Waals surface area contributed by atoms with Gasteiger partial charge in [0, 0.05) is 43.1 Å². The number of benzene rings is 2. The van der Waals surface area contributed by atoms with Crippen LogP contribution >= 0.6 is 0 Å². The normalized spacial score (nSPS) is 30.4. The number of rotatable bonds is 5. The number of imide groups is 1. The fraction of sp³-hybridized carbons (Fsp3) is 0.448. The average Bonchev–Trinajstić information content (AvgIpc) is 3.42. The van der Waals surface area contributed by atoms with Crippen LogP contribution in [0.25, 0.3) is 0 Å². The number of ether oxygens (including phenoxy) is 1. The van der Waals surface area contributed by atoms with Gasteiger partial charge in [-0.25, -0.2) is 4.39 Å². The minimum absolute atomic E-state index is 0.0204. The van der Waals surface area contributed by atoms with Gasteiger partial charge >= 0.3 is 0 Å². The van der Waals surface area contributed by atoms with Crippen LogP contribution in [0.4, 0.5) is 4.39 Å². The van der Waals surface area contributed by atoms with Crippen LogP contribution in [0.15, 0.2) is 36.4 Å². The third-order valence-electron chi connectivity index (χ3n) is 9.26. The molecule has 0 radical (unpaired) electrons. The second-order valence-corrected chi connectivity index (χ2v) is 11.3. The van der Waals surface area contributed by atoms with Crippen LogP contribution in [-0.4, -0.2) is 58.3 Å². The average molecular weight is 515 g/mol. The Bertz CT molecular complexity index is 1420. The van der Waals surface area contributed by atoms with Crippen molar-refractivity contribution in [2.24, 2.45) is 5.92 Å². The molecule has 5 fully saturated rings. The van der Waals surface area contributed by atoms with E-state index in [0.29, 0.717) is 36.3 Å². The lowest BCUT2D eigenvalue weighted by molar-refractivity contribution is -0.160. The zero-order valence-corrected chi connectivity index (χ0v) is 20.8. The standard InChI is InChI=1S/C29H27FN4O4/c30-20-4-6-22(16(8-20)12-31)19-13-33(14-19)24-2-1-3-25(24)38-21-5-7-23-17(9-21)15-34(27(23)36)29-10-18(11-29)26(35)32-28(29)37/h4-9,18-19,24-25H,1-3,10-11,13-15H2,(H,32,35,37). The second kappa shape index (κ2) is 8.37. The van der Waals surface area contributed by atoms with Crippen molar-refractivity contribution in [2.75, 3.05) is 13.1 Å². The van der Waals surface area contributed by atoms with E-state index < -0.39 is 11.4 Å². The number of likely N-dealkylation sites (tertiary alicyclic amines) is 1. The minimum atomic E-state index is -0.920. The first kappa shape index (κ1) is 23.4. The number of hydrogen-bond acceptors (Lipinski definition) is 6. The van der Waals surface area contributed by atoms with E-state index in [1.165, 1.54) is 12.1 Å². The van der Waals surface area contributed by atoms with Crippen molar-refractivity contribution in [3.63, 3.8) is 0 Å². The Morgan fingerprint density at radius 3 is 2.63 bits per heavy atom. The summed E-state index contributed by atoms with van der Waals surface area (Å²) in [6.45, 7) is 1.96. The molecule has 38 heavy (non-hydrogen) atoms. The molecule has 0 spiro atoms. The van der Waals surface area contributed by atoms with Crippen LogP contribution in [0.1, 0.15) is 65.1 Å². The number of hydrogen-bond donors (Lipinski definition) is 1. The van der Waals surface area contributed by atoms with Crippen molar-refractivity contribution < 1.29 is 23.5 Å². The number of halogens is 1. The fourth-order valence-corrected chi connectivity index (χ4v) is 7.11. The zero-order valence-electron chi connectivity index (χ0n) is 20.8. The smallest absolute Gasteiger partial charge is 0.255 e. The molecule has 2 aromatic rings. The van der Waals surface area contributed by atoms with Crippen LogP contribution in [-0.2, 0) is 16.1 Å². The number of carbonyl (C=O) groups is 3. The molecule has 3 amide bonds. The molecular formula is C29H27FN4O4. The highest BCUT2D eigenvalue weighted by atomic mass is 19.1. The van der Waals surface area contributed by atoms with Gasteiger partial charge in [-0.15, -0.1) is 0 Å². The molecule has 2 saturated carbocycles. The molecule has 2 aromatic carbocycles. The van der Waals surface area contributed by atoms with E-state index in [1.54, 1.807) is 17.0 Å². The quantitative estimate of drug-likeness (QED) is 0.616. The highest BCUT2D eigenvalue weighted by Crippen LogP contribution is 2.49. The molecule has 4 heterocycles. The van der Waals surface area contributed by atoms with Gasteiger partial charge in [0.05, 0.1) is 11.6 Å². The maximum atomic E-state index is 13.5. The molecule has 2 aliphatic carbocycles. The van der Waals surface area contributed by atoms with Crippen LogP contribution in [0.3, 0.4) is 0 Å². The van der Waals surface area contributed by atoms with E-state index in [0.717, 1.165) is 43.5 Å². The summed E-state index contributed by atoms with van der Waals surface area (Å²) in [6.07, 6.45) is 3.84. The molecule has 2 bridgehead atoms. The highest BCUT2D eigenvalue weighted by molar-refractivity contribution is 6.10. The van der Waals surface area contributed by atoms with Gasteiger partial charge in [0.15, 0.2) is 0 Å². The Morgan fingerprint density at radius 2 is 1.87 bits per heavy atom. The summed E-state index contributed by atoms with van der Waals surface area (Å²) < 4.78 is 20.0. The maximum Gasteiger partial charge on any atom is 0.255 e. The van der Waals surface area contributed by atoms with Crippen molar-refractivity contribution in [3.8, 4) is 11.8 Å². The van der Waals surface area contributed by atoms with Crippen molar-refractivity contribution in [3.05, 3.63) is 64.5 Å². The Hall–Kier alpha value is -3.77. The number of amides is 3. The number of nitriles is 1. The summed E-state index contributed by atoms with van der Waals surface area (Å²) in [5.41, 5.74) is 1.82. The van der Waals surface area contributed by atoms with E-state index >= 15 is 0 Å². The molecule has 2 atom stereocenters. The number of fused-ring (bicyclic) bond motifs is 3. The molecule has 2 unspecified atom stereocenters. The van der Waals surface area contributed by atoms with Crippen LogP contribution < -0.4 is 10.1 Å². The van der Waals surface area contributed by atoms with E-state index in [9.17, 15) is 24.0 Å². The topological polar surface area (TPSA) is 103 Å². The molecule has 1 N–H and O–H groups in total. The fourth-order valence-electron chi connectivity index (χ4n) is 7.11. The first-order valence-electron chi connectivity index (χ1n) is 13.3. The van der Waals surface area contributed by atoms with Gasteiger partial charge in [0.1, 0.15) is 23.2 Å².